The number of hydrogen-bond donors (Lipinski definition) is 9. The highest BCUT2D eigenvalue weighted by Gasteiger charge is 2.51. The lowest BCUT2D eigenvalue weighted by Crippen LogP contribution is -2.65. The van der Waals surface area contributed by atoms with Gasteiger partial charge in [0.1, 0.15) is 48.8 Å². The molecule has 89 heavy (non-hydrogen) atoms. The lowest BCUT2D eigenvalue weighted by molar-refractivity contribution is -0.359. The molecule has 0 bridgehead atoms. The number of nitrogens with one attached hydrogen (secondary N) is 1. The van der Waals surface area contributed by atoms with Crippen LogP contribution < -0.4 is 5.32 Å². The number of unbranched alkanes of at least 4 members (excludes halogenated alkanes) is 49. The van der Waals surface area contributed by atoms with Crippen molar-refractivity contribution in [3.63, 3.8) is 0 Å². The van der Waals surface area contributed by atoms with Crippen LogP contribution in [-0.4, -0.2) is 140 Å². The molecule has 14 heteroatoms. The monoisotopic (exact) mass is 1270 g/mol. The first-order chi connectivity index (χ1) is 43.6. The molecule has 9 N–H and O–H groups in total. The maximum Gasteiger partial charge on any atom is 0.220 e. The maximum atomic E-state index is 13.4. The van der Waals surface area contributed by atoms with E-state index < -0.39 is 86.8 Å². The highest BCUT2D eigenvalue weighted by atomic mass is 16.7. The summed E-state index contributed by atoms with van der Waals surface area (Å²) >= 11 is 0. The summed E-state index contributed by atoms with van der Waals surface area (Å²) in [5, 5.41) is 87.5. The minimum absolute atomic E-state index is 0.240. The minimum Gasteiger partial charge on any atom is -0.394 e. The summed E-state index contributed by atoms with van der Waals surface area (Å²) in [4.78, 5) is 13.4. The maximum absolute atomic E-state index is 13.4. The lowest BCUT2D eigenvalue weighted by atomic mass is 9.97. The standard InChI is InChI=1S/C75H143NO13/c1-3-5-7-9-11-13-15-17-19-21-23-25-27-29-30-31-32-33-35-37-39-41-43-45-47-49-51-53-55-57-59-67(80)76-63(62-86-74-72(85)70(83)73(66(61-78)88-74)89-75-71(84)69(82)68(81)65(60-77)87-75)64(79)58-56-54-52-50-48-46-44-42-40-38-36-34-28-26-24-22-20-18-16-14-12-10-8-6-4-2/h48,50,56,58,63-66,68-75,77-79,81-85H,3-47,49,51-55,57,59-62H2,1-2H3,(H,76,80)/b50-48+,58-56+. The van der Waals surface area contributed by atoms with E-state index in [-0.39, 0.29) is 18.9 Å². The van der Waals surface area contributed by atoms with Crippen LogP contribution in [0.5, 0.6) is 0 Å². The van der Waals surface area contributed by atoms with Crippen molar-refractivity contribution in [1.29, 1.82) is 0 Å². The Balaban J connectivity index is 1.65. The van der Waals surface area contributed by atoms with E-state index >= 15 is 0 Å². The van der Waals surface area contributed by atoms with E-state index in [4.69, 9.17) is 18.9 Å². The van der Waals surface area contributed by atoms with E-state index in [2.05, 4.69) is 31.3 Å². The Morgan fingerprint density at radius 2 is 0.719 bits per heavy atom. The second-order valence-corrected chi connectivity index (χ2v) is 27.1. The molecule has 2 saturated heterocycles. The highest BCUT2D eigenvalue weighted by Crippen LogP contribution is 2.30. The third kappa shape index (κ3) is 44.0. The molecule has 0 spiro atoms. The number of amides is 1. The van der Waals surface area contributed by atoms with Crippen molar-refractivity contribution in [1.82, 2.24) is 5.32 Å². The molecule has 12 atom stereocenters. The van der Waals surface area contributed by atoms with Gasteiger partial charge in [0, 0.05) is 6.42 Å². The molecule has 0 aromatic heterocycles. The van der Waals surface area contributed by atoms with E-state index in [9.17, 15) is 45.6 Å². The molecular formula is C75H143NO13. The van der Waals surface area contributed by atoms with E-state index in [0.29, 0.717) is 12.8 Å². The molecular weight excluding hydrogens is 1120 g/mol. The number of carbonyl (C=O) groups is 1. The molecule has 2 heterocycles. The van der Waals surface area contributed by atoms with Crippen LogP contribution in [0, 0.1) is 0 Å². The molecule has 2 aliphatic heterocycles. The molecule has 1 amide bonds. The van der Waals surface area contributed by atoms with Gasteiger partial charge < -0.3 is 65.1 Å². The summed E-state index contributed by atoms with van der Waals surface area (Å²) in [5.74, 6) is -0.240. The molecule has 526 valence electrons. The highest BCUT2D eigenvalue weighted by molar-refractivity contribution is 5.76. The third-order valence-corrected chi connectivity index (χ3v) is 18.9. The van der Waals surface area contributed by atoms with E-state index in [1.807, 2.05) is 6.08 Å². The topological polar surface area (TPSA) is 228 Å². The van der Waals surface area contributed by atoms with Crippen molar-refractivity contribution >= 4 is 5.91 Å². The average Bonchev–Trinajstić information content (AvgIpc) is 1.37. The number of ether oxygens (including phenoxy) is 4. The lowest BCUT2D eigenvalue weighted by Gasteiger charge is -2.46. The van der Waals surface area contributed by atoms with Crippen molar-refractivity contribution in [3.8, 4) is 0 Å². The van der Waals surface area contributed by atoms with Gasteiger partial charge in [-0.15, -0.1) is 0 Å². The number of aliphatic hydroxyl groups excluding tert-OH is 8. The number of aliphatic hydroxyl groups is 8. The molecule has 0 saturated carbocycles. The van der Waals surface area contributed by atoms with E-state index in [0.717, 1.165) is 32.1 Å². The Morgan fingerprint density at radius 3 is 1.10 bits per heavy atom. The Labute approximate surface area is 545 Å². The van der Waals surface area contributed by atoms with Crippen LogP contribution in [0.2, 0.25) is 0 Å². The van der Waals surface area contributed by atoms with E-state index in [1.54, 1.807) is 6.08 Å². The number of allylic oxidation sites excluding steroid dienone is 3. The number of hydrogen-bond acceptors (Lipinski definition) is 13. The zero-order valence-electron chi connectivity index (χ0n) is 57.5. The smallest absolute Gasteiger partial charge is 0.220 e. The zero-order valence-corrected chi connectivity index (χ0v) is 57.5. The average molecular weight is 1270 g/mol. The van der Waals surface area contributed by atoms with Crippen molar-refractivity contribution in [2.75, 3.05) is 19.8 Å². The van der Waals surface area contributed by atoms with Gasteiger partial charge in [-0.05, 0) is 32.1 Å². The van der Waals surface area contributed by atoms with E-state index in [1.165, 1.54) is 289 Å². The van der Waals surface area contributed by atoms with Crippen molar-refractivity contribution in [2.45, 2.75) is 428 Å². The normalized spacial score (nSPS) is 23.1. The Morgan fingerprint density at radius 1 is 0.393 bits per heavy atom. The summed E-state index contributed by atoms with van der Waals surface area (Å²) in [6.45, 7) is 2.85. The first kappa shape index (κ1) is 83.6. The van der Waals surface area contributed by atoms with Gasteiger partial charge in [-0.25, -0.2) is 0 Å². The first-order valence-electron chi connectivity index (χ1n) is 38.1. The summed E-state index contributed by atoms with van der Waals surface area (Å²) in [6.07, 6.45) is 59.7. The predicted octanol–water partition coefficient (Wildman–Crippen LogP) is 16.3. The molecule has 2 rings (SSSR count). The quantitative estimate of drug-likeness (QED) is 0.0204. The number of carbonyl (C=O) groups excluding carboxylic acids is 1. The van der Waals surface area contributed by atoms with Gasteiger partial charge in [-0.1, -0.05) is 340 Å². The predicted molar refractivity (Wildman–Crippen MR) is 365 cm³/mol. The fourth-order valence-electron chi connectivity index (χ4n) is 12.8. The van der Waals surface area contributed by atoms with Crippen LogP contribution in [-0.2, 0) is 23.7 Å². The summed E-state index contributed by atoms with van der Waals surface area (Å²) < 4.78 is 22.9. The van der Waals surface area contributed by atoms with Crippen molar-refractivity contribution < 1.29 is 64.6 Å². The van der Waals surface area contributed by atoms with Gasteiger partial charge in [0.25, 0.3) is 0 Å². The fourth-order valence-corrected chi connectivity index (χ4v) is 12.8. The summed E-state index contributed by atoms with van der Waals surface area (Å²) in [6, 6.07) is -0.930. The molecule has 0 radical (unpaired) electrons. The van der Waals surface area contributed by atoms with Crippen LogP contribution in [0.15, 0.2) is 24.3 Å². The largest absolute Gasteiger partial charge is 0.394 e. The molecule has 0 aliphatic carbocycles. The molecule has 2 aliphatic rings. The Kier molecular flexibility index (Phi) is 56.5. The summed E-state index contributed by atoms with van der Waals surface area (Å²) in [5.41, 5.74) is 0. The fraction of sp³-hybridized carbons (Fsp3) is 0.933. The van der Waals surface area contributed by atoms with Crippen LogP contribution in [0.3, 0.4) is 0 Å². The molecule has 14 nitrogen and oxygen atoms in total. The van der Waals surface area contributed by atoms with Crippen molar-refractivity contribution in [3.05, 3.63) is 24.3 Å². The van der Waals surface area contributed by atoms with Crippen molar-refractivity contribution in [2.24, 2.45) is 0 Å². The first-order valence-corrected chi connectivity index (χ1v) is 38.1. The Bertz CT molecular complexity index is 1590. The van der Waals surface area contributed by atoms with Gasteiger partial charge in [0.2, 0.25) is 5.91 Å². The van der Waals surface area contributed by atoms with Gasteiger partial charge in [0.05, 0.1) is 32.0 Å². The van der Waals surface area contributed by atoms with Crippen LogP contribution in [0.25, 0.3) is 0 Å². The van der Waals surface area contributed by atoms with Gasteiger partial charge >= 0.3 is 0 Å². The third-order valence-electron chi connectivity index (χ3n) is 18.9. The molecule has 0 aromatic carbocycles. The molecule has 0 aromatic rings. The van der Waals surface area contributed by atoms with Crippen LogP contribution in [0.4, 0.5) is 0 Å². The summed E-state index contributed by atoms with van der Waals surface area (Å²) in [7, 11) is 0. The second-order valence-electron chi connectivity index (χ2n) is 27.1. The molecule has 12 unspecified atom stereocenters. The van der Waals surface area contributed by atoms with Gasteiger partial charge in [-0.2, -0.15) is 0 Å². The minimum atomic E-state index is -1.79. The SMILES string of the molecule is CCCCCCCCCCCCCCCCCCCCC/C=C/CC/C=C/C(O)C(COC1OC(CO)C(OC2OC(CO)C(O)C(O)C2O)C(O)C1O)NC(=O)CCCCCCCCCCCCCCCCCCCCCCCCCCCCCCCC. The van der Waals surface area contributed by atoms with Gasteiger partial charge in [0.15, 0.2) is 12.6 Å². The Hall–Kier alpha value is -1.53. The number of rotatable bonds is 64. The zero-order chi connectivity index (χ0) is 64.5. The second kappa shape index (κ2) is 60.2. The van der Waals surface area contributed by atoms with Crippen LogP contribution >= 0.6 is 0 Å². The van der Waals surface area contributed by atoms with Gasteiger partial charge in [-0.3, -0.25) is 4.79 Å². The van der Waals surface area contributed by atoms with Crippen LogP contribution in [0.1, 0.15) is 354 Å². The molecule has 2 fully saturated rings.